The Kier molecular flexibility index (Phi) is 3.41. The molecule has 0 rings (SSSR count). The Hall–Kier alpha value is 0.150. The van der Waals surface area contributed by atoms with E-state index in [1.165, 1.54) is 0 Å². The van der Waals surface area contributed by atoms with Gasteiger partial charge in [0.15, 0.2) is 0 Å². The summed E-state index contributed by atoms with van der Waals surface area (Å²) in [5.41, 5.74) is -0.0247. The smallest absolute Gasteiger partial charge is 0.316 e. The molecule has 0 bridgehead atoms. The van der Waals surface area contributed by atoms with Crippen molar-refractivity contribution in [2.45, 2.75) is 20.8 Å². The van der Waals surface area contributed by atoms with Gasteiger partial charge in [-0.05, 0) is 5.41 Å². The van der Waals surface area contributed by atoms with Gasteiger partial charge < -0.3 is 9.42 Å². The van der Waals surface area contributed by atoms with Crippen LogP contribution in [0.1, 0.15) is 20.8 Å². The topological polar surface area (TPSA) is 46.5 Å². The highest BCUT2D eigenvalue weighted by atomic mass is 31.1. The lowest BCUT2D eigenvalue weighted by Crippen LogP contribution is -2.11. The zero-order valence-electron chi connectivity index (χ0n) is 5.97. The third-order valence-corrected chi connectivity index (χ3v) is 1.02. The van der Waals surface area contributed by atoms with E-state index in [0.717, 1.165) is 0 Å². The van der Waals surface area contributed by atoms with E-state index in [9.17, 15) is 4.57 Å². The van der Waals surface area contributed by atoms with Gasteiger partial charge in [0, 0.05) is 0 Å². The van der Waals surface area contributed by atoms with Crippen LogP contribution in [0.3, 0.4) is 0 Å². The van der Waals surface area contributed by atoms with Crippen LogP contribution in [-0.2, 0) is 9.09 Å². The lowest BCUT2D eigenvalue weighted by molar-refractivity contribution is 0.187. The molecule has 0 aromatic heterocycles. The van der Waals surface area contributed by atoms with Gasteiger partial charge in [-0.2, -0.15) is 0 Å². The normalized spacial score (nSPS) is 15.6. The van der Waals surface area contributed by atoms with E-state index in [1.54, 1.807) is 0 Å². The van der Waals surface area contributed by atoms with Crippen molar-refractivity contribution in [3.8, 4) is 0 Å². The molecule has 0 aromatic carbocycles. The van der Waals surface area contributed by atoms with E-state index >= 15 is 0 Å². The van der Waals surface area contributed by atoms with Gasteiger partial charge in [-0.3, -0.25) is 4.57 Å². The first-order chi connectivity index (χ1) is 3.92. The molecule has 0 saturated heterocycles. The van der Waals surface area contributed by atoms with Crippen molar-refractivity contribution in [1.29, 1.82) is 0 Å². The fourth-order valence-electron chi connectivity index (χ4n) is 0.278. The van der Waals surface area contributed by atoms with Gasteiger partial charge >= 0.3 is 8.25 Å². The first-order valence-electron chi connectivity index (χ1n) is 2.77. The number of hydrogen-bond acceptors (Lipinski definition) is 2. The van der Waals surface area contributed by atoms with Crippen LogP contribution in [-0.4, -0.2) is 11.5 Å². The van der Waals surface area contributed by atoms with E-state index in [2.05, 4.69) is 4.52 Å². The van der Waals surface area contributed by atoms with Crippen LogP contribution in [0.15, 0.2) is 0 Å². The predicted molar refractivity (Wildman–Crippen MR) is 36.6 cm³/mol. The SMILES string of the molecule is CC(C)(C)CO[PH](=O)O. The summed E-state index contributed by atoms with van der Waals surface area (Å²) in [5, 5.41) is 0. The van der Waals surface area contributed by atoms with Gasteiger partial charge in [-0.15, -0.1) is 0 Å². The van der Waals surface area contributed by atoms with Crippen molar-refractivity contribution >= 4 is 8.25 Å². The third kappa shape index (κ3) is 8.15. The van der Waals surface area contributed by atoms with Crippen LogP contribution in [0.25, 0.3) is 0 Å². The predicted octanol–water partition coefficient (Wildman–Crippen LogP) is 1.43. The molecule has 0 aliphatic carbocycles. The molecule has 0 fully saturated rings. The summed E-state index contributed by atoms with van der Waals surface area (Å²) in [7, 11) is -2.72. The van der Waals surface area contributed by atoms with Crippen molar-refractivity contribution in [3.05, 3.63) is 0 Å². The van der Waals surface area contributed by atoms with E-state index in [0.29, 0.717) is 6.61 Å². The number of rotatable bonds is 2. The van der Waals surface area contributed by atoms with Crippen LogP contribution in [0.2, 0.25) is 0 Å². The molecule has 0 heterocycles. The second kappa shape index (κ2) is 3.35. The van der Waals surface area contributed by atoms with Crippen molar-refractivity contribution in [2.75, 3.05) is 6.61 Å². The van der Waals surface area contributed by atoms with Crippen LogP contribution in [0.5, 0.6) is 0 Å². The zero-order valence-corrected chi connectivity index (χ0v) is 6.97. The van der Waals surface area contributed by atoms with E-state index < -0.39 is 8.25 Å². The summed E-state index contributed by atoms with van der Waals surface area (Å²) in [4.78, 5) is 8.24. The van der Waals surface area contributed by atoms with Gasteiger partial charge in [-0.1, -0.05) is 20.8 Å². The molecule has 0 saturated carbocycles. The Morgan fingerprint density at radius 2 is 2.00 bits per heavy atom. The van der Waals surface area contributed by atoms with Crippen molar-refractivity contribution in [3.63, 3.8) is 0 Å². The van der Waals surface area contributed by atoms with Gasteiger partial charge in [-0.25, -0.2) is 0 Å². The van der Waals surface area contributed by atoms with Gasteiger partial charge in [0.2, 0.25) is 0 Å². The quantitative estimate of drug-likeness (QED) is 0.609. The lowest BCUT2D eigenvalue weighted by Gasteiger charge is -2.15. The van der Waals surface area contributed by atoms with Gasteiger partial charge in [0.1, 0.15) is 0 Å². The second-order valence-corrected chi connectivity index (χ2v) is 3.94. The van der Waals surface area contributed by atoms with Crippen LogP contribution in [0.4, 0.5) is 0 Å². The Bertz CT molecular complexity index is 105. The molecule has 56 valence electrons. The molecular formula is C5H13O3P. The maximum atomic E-state index is 10.0. The van der Waals surface area contributed by atoms with Gasteiger partial charge in [0.25, 0.3) is 0 Å². The van der Waals surface area contributed by atoms with Crippen molar-refractivity contribution in [2.24, 2.45) is 5.41 Å². The molecule has 1 atom stereocenters. The average Bonchev–Trinajstić information content (AvgIpc) is 1.59. The van der Waals surface area contributed by atoms with E-state index in [1.807, 2.05) is 20.8 Å². The fraction of sp³-hybridized carbons (Fsp3) is 1.00. The minimum absolute atomic E-state index is 0.0247. The Balaban J connectivity index is 3.39. The molecule has 4 heteroatoms. The van der Waals surface area contributed by atoms with Gasteiger partial charge in [0.05, 0.1) is 6.61 Å². The maximum absolute atomic E-state index is 10.0. The molecule has 1 unspecified atom stereocenters. The summed E-state index contributed by atoms with van der Waals surface area (Å²) in [6, 6.07) is 0. The molecule has 0 aliphatic heterocycles. The molecule has 0 spiro atoms. The summed E-state index contributed by atoms with van der Waals surface area (Å²) in [6.07, 6.45) is 0. The number of hydrogen-bond donors (Lipinski definition) is 1. The molecule has 0 amide bonds. The molecule has 1 N–H and O–H groups in total. The maximum Gasteiger partial charge on any atom is 0.316 e. The first-order valence-corrected chi connectivity index (χ1v) is 4.04. The Morgan fingerprint density at radius 3 is 2.11 bits per heavy atom. The monoisotopic (exact) mass is 152 g/mol. The van der Waals surface area contributed by atoms with E-state index in [-0.39, 0.29) is 5.41 Å². The fourth-order valence-corrected chi connectivity index (χ4v) is 0.835. The van der Waals surface area contributed by atoms with E-state index in [4.69, 9.17) is 4.89 Å². The molecule has 9 heavy (non-hydrogen) atoms. The standard InChI is InChI=1S/C5H13O3P/c1-5(2,3)4-8-9(6)7/h9H,4H2,1-3H3,(H,6,7). The average molecular weight is 152 g/mol. The van der Waals surface area contributed by atoms with Crippen molar-refractivity contribution < 1.29 is 14.0 Å². The van der Waals surface area contributed by atoms with Crippen LogP contribution in [0, 0.1) is 5.41 Å². The second-order valence-electron chi connectivity index (χ2n) is 3.12. The highest BCUT2D eigenvalue weighted by Crippen LogP contribution is 2.21. The zero-order chi connectivity index (χ0) is 7.49. The third-order valence-electron chi connectivity index (χ3n) is 0.629. The molecular weight excluding hydrogens is 139 g/mol. The summed E-state index contributed by atoms with van der Waals surface area (Å²) >= 11 is 0. The highest BCUT2D eigenvalue weighted by Gasteiger charge is 2.10. The summed E-state index contributed by atoms with van der Waals surface area (Å²) in [6.45, 7) is 6.16. The minimum Gasteiger partial charge on any atom is -0.326 e. The Morgan fingerprint density at radius 1 is 1.56 bits per heavy atom. The minimum atomic E-state index is -2.72. The Labute approximate surface area is 56.0 Å². The van der Waals surface area contributed by atoms with Crippen LogP contribution < -0.4 is 0 Å². The first kappa shape index (κ1) is 9.15. The molecule has 0 radical (unpaired) electrons. The highest BCUT2D eigenvalue weighted by molar-refractivity contribution is 7.32. The molecule has 3 nitrogen and oxygen atoms in total. The summed E-state index contributed by atoms with van der Waals surface area (Å²) < 4.78 is 14.5. The van der Waals surface area contributed by atoms with Crippen molar-refractivity contribution in [1.82, 2.24) is 0 Å². The molecule has 0 aliphatic rings. The largest absolute Gasteiger partial charge is 0.326 e. The molecule has 0 aromatic rings. The summed E-state index contributed by atoms with van der Waals surface area (Å²) in [5.74, 6) is 0. The van der Waals surface area contributed by atoms with Crippen LogP contribution >= 0.6 is 8.25 Å². The lowest BCUT2D eigenvalue weighted by atomic mass is 9.99.